The van der Waals surface area contributed by atoms with Crippen molar-refractivity contribution in [3.8, 4) is 5.69 Å². The predicted octanol–water partition coefficient (Wildman–Crippen LogP) is 4.75. The summed E-state index contributed by atoms with van der Waals surface area (Å²) < 4.78 is 2.24. The van der Waals surface area contributed by atoms with Crippen molar-refractivity contribution in [3.05, 3.63) is 114 Å². The van der Waals surface area contributed by atoms with Crippen LogP contribution in [0.5, 0.6) is 0 Å². The van der Waals surface area contributed by atoms with E-state index in [0.717, 1.165) is 27.8 Å². The average molecular weight is 426 g/mol. The van der Waals surface area contributed by atoms with E-state index in [9.17, 15) is 0 Å². The van der Waals surface area contributed by atoms with Crippen LogP contribution in [0.4, 0.5) is 0 Å². The lowest BCUT2D eigenvalue weighted by molar-refractivity contribution is 0.302. The first-order valence-corrected chi connectivity index (χ1v) is 10.7. The molecule has 2 atom stereocenters. The van der Waals surface area contributed by atoms with Crippen LogP contribution in [-0.2, 0) is 6.54 Å². The highest BCUT2D eigenvalue weighted by Crippen LogP contribution is 2.40. The first-order chi connectivity index (χ1) is 15.2. The summed E-state index contributed by atoms with van der Waals surface area (Å²) >= 11 is 5.80. The third kappa shape index (κ3) is 3.82. The Morgan fingerprint density at radius 3 is 2.58 bits per heavy atom. The van der Waals surface area contributed by atoms with Gasteiger partial charge < -0.3 is 14.8 Å². The molecule has 1 fully saturated rings. The van der Waals surface area contributed by atoms with Crippen LogP contribution in [0.25, 0.3) is 5.69 Å². The fraction of sp³-hybridized carbons (Fsp3) is 0.160. The Bertz CT molecular complexity index is 1170. The highest BCUT2D eigenvalue weighted by molar-refractivity contribution is 7.80. The van der Waals surface area contributed by atoms with Crippen molar-refractivity contribution in [2.75, 3.05) is 0 Å². The van der Waals surface area contributed by atoms with Gasteiger partial charge in [-0.25, -0.2) is 0 Å². The molecule has 6 heteroatoms. The van der Waals surface area contributed by atoms with Crippen molar-refractivity contribution in [2.24, 2.45) is 0 Å². The zero-order valence-corrected chi connectivity index (χ0v) is 18.0. The van der Waals surface area contributed by atoms with Crippen LogP contribution in [0.2, 0.25) is 0 Å². The third-order valence-corrected chi connectivity index (χ3v) is 6.02. The third-order valence-electron chi connectivity index (χ3n) is 5.67. The lowest BCUT2D eigenvalue weighted by Crippen LogP contribution is -2.30. The molecule has 5 rings (SSSR count). The van der Waals surface area contributed by atoms with E-state index in [1.807, 2.05) is 30.6 Å². The van der Waals surface area contributed by atoms with Crippen molar-refractivity contribution in [3.63, 3.8) is 0 Å². The molecule has 4 heterocycles. The van der Waals surface area contributed by atoms with Gasteiger partial charge in [-0.3, -0.25) is 9.97 Å². The lowest BCUT2D eigenvalue weighted by atomic mass is 10.0. The first-order valence-electron chi connectivity index (χ1n) is 10.3. The minimum Gasteiger partial charge on any atom is -0.352 e. The Morgan fingerprint density at radius 2 is 1.84 bits per heavy atom. The van der Waals surface area contributed by atoms with Gasteiger partial charge in [-0.05, 0) is 67.2 Å². The molecular weight excluding hydrogens is 402 g/mol. The second-order valence-corrected chi connectivity index (χ2v) is 8.14. The fourth-order valence-corrected chi connectivity index (χ4v) is 4.47. The monoisotopic (exact) mass is 425 g/mol. The smallest absolute Gasteiger partial charge is 0.170 e. The van der Waals surface area contributed by atoms with Gasteiger partial charge >= 0.3 is 0 Å². The zero-order valence-electron chi connectivity index (χ0n) is 17.2. The van der Waals surface area contributed by atoms with E-state index in [1.54, 1.807) is 6.20 Å². The molecule has 154 valence electrons. The lowest BCUT2D eigenvalue weighted by Gasteiger charge is -2.29. The summed E-state index contributed by atoms with van der Waals surface area (Å²) in [6, 6.07) is 22.8. The number of hydrogen-bond donors (Lipinski definition) is 1. The molecule has 0 saturated carbocycles. The van der Waals surface area contributed by atoms with E-state index in [1.165, 1.54) is 5.56 Å². The maximum Gasteiger partial charge on any atom is 0.170 e. The summed E-state index contributed by atoms with van der Waals surface area (Å²) in [6.07, 6.45) is 7.63. The van der Waals surface area contributed by atoms with Gasteiger partial charge in [0.25, 0.3) is 0 Å². The highest BCUT2D eigenvalue weighted by atomic mass is 32.1. The normalized spacial score (nSPS) is 18.2. The molecule has 0 radical (unpaired) electrons. The van der Waals surface area contributed by atoms with E-state index in [0.29, 0.717) is 6.54 Å². The van der Waals surface area contributed by atoms with Crippen LogP contribution in [0.15, 0.2) is 91.5 Å². The molecule has 0 aliphatic carbocycles. The van der Waals surface area contributed by atoms with E-state index in [2.05, 4.69) is 86.4 Å². The van der Waals surface area contributed by atoms with Crippen molar-refractivity contribution in [2.45, 2.75) is 25.6 Å². The van der Waals surface area contributed by atoms with Gasteiger partial charge in [-0.2, -0.15) is 0 Å². The number of nitrogens with zero attached hydrogens (tertiary/aromatic N) is 4. The van der Waals surface area contributed by atoms with E-state index >= 15 is 0 Å². The molecule has 5 nitrogen and oxygen atoms in total. The Kier molecular flexibility index (Phi) is 5.22. The quantitative estimate of drug-likeness (QED) is 0.468. The highest BCUT2D eigenvalue weighted by Gasteiger charge is 2.41. The number of nitrogens with one attached hydrogen (secondary N) is 1. The van der Waals surface area contributed by atoms with E-state index in [4.69, 9.17) is 12.2 Å². The minimum atomic E-state index is -0.0514. The molecule has 4 aromatic rings. The van der Waals surface area contributed by atoms with Crippen LogP contribution in [0, 0.1) is 6.92 Å². The summed E-state index contributed by atoms with van der Waals surface area (Å²) in [5.41, 5.74) is 5.62. The number of hydrogen-bond acceptors (Lipinski definition) is 3. The Morgan fingerprint density at radius 1 is 0.968 bits per heavy atom. The summed E-state index contributed by atoms with van der Waals surface area (Å²) in [5.74, 6) is 0. The van der Waals surface area contributed by atoms with Gasteiger partial charge in [0.15, 0.2) is 5.11 Å². The maximum absolute atomic E-state index is 5.80. The second kappa shape index (κ2) is 8.32. The van der Waals surface area contributed by atoms with Crippen LogP contribution in [-0.4, -0.2) is 24.5 Å². The number of pyridine rings is 2. The predicted molar refractivity (Wildman–Crippen MR) is 126 cm³/mol. The van der Waals surface area contributed by atoms with Gasteiger partial charge in [0.1, 0.15) is 0 Å². The zero-order chi connectivity index (χ0) is 21.2. The van der Waals surface area contributed by atoms with Crippen LogP contribution < -0.4 is 5.32 Å². The van der Waals surface area contributed by atoms with Gasteiger partial charge in [0.05, 0.1) is 17.8 Å². The summed E-state index contributed by atoms with van der Waals surface area (Å²) in [4.78, 5) is 11.2. The molecular formula is C25H23N5S. The van der Waals surface area contributed by atoms with Crippen molar-refractivity contribution < 1.29 is 0 Å². The summed E-state index contributed by atoms with van der Waals surface area (Å²) in [5, 5.41) is 4.25. The van der Waals surface area contributed by atoms with Gasteiger partial charge in [0.2, 0.25) is 0 Å². The molecule has 1 aliphatic heterocycles. The number of benzene rings is 1. The first kappa shape index (κ1) is 19.5. The summed E-state index contributed by atoms with van der Waals surface area (Å²) in [7, 11) is 0. The molecule has 0 unspecified atom stereocenters. The maximum atomic E-state index is 5.80. The molecule has 1 aliphatic rings. The Balaban J connectivity index is 1.60. The SMILES string of the molecule is Cc1ccc(-n2cccc2[C@@H]2[C@@H](c3ccccn3)NC(=S)N2Cc2cccnc2)cc1. The minimum absolute atomic E-state index is 0.0149. The molecule has 0 amide bonds. The topological polar surface area (TPSA) is 46.0 Å². The van der Waals surface area contributed by atoms with E-state index in [-0.39, 0.29) is 12.1 Å². The van der Waals surface area contributed by atoms with E-state index < -0.39 is 0 Å². The molecule has 1 aromatic carbocycles. The number of aromatic nitrogens is 3. The Hall–Kier alpha value is -3.51. The number of thiocarbonyl (C=S) groups is 1. The molecule has 1 N–H and O–H groups in total. The van der Waals surface area contributed by atoms with Crippen molar-refractivity contribution >= 4 is 17.3 Å². The Labute approximate surface area is 187 Å². The van der Waals surface area contributed by atoms with Crippen LogP contribution in [0.1, 0.15) is 34.6 Å². The van der Waals surface area contributed by atoms with Gasteiger partial charge in [-0.1, -0.05) is 29.8 Å². The van der Waals surface area contributed by atoms with Crippen molar-refractivity contribution in [1.29, 1.82) is 0 Å². The molecule has 31 heavy (non-hydrogen) atoms. The molecule has 3 aromatic heterocycles. The average Bonchev–Trinajstić information content (AvgIpc) is 3.40. The standard InChI is InChI=1S/C25H23N5S/c1-18-9-11-20(12-10-18)29-15-5-8-22(29)24-23(21-7-2-3-14-27-21)28-25(31)30(24)17-19-6-4-13-26-16-19/h2-16,23-24H,17H2,1H3,(H,28,31)/t23-,24-/m1/s1. The number of aryl methyl sites for hydroxylation is 1. The van der Waals surface area contributed by atoms with Gasteiger partial charge in [-0.15, -0.1) is 0 Å². The fourth-order valence-electron chi connectivity index (χ4n) is 4.16. The van der Waals surface area contributed by atoms with Gasteiger partial charge in [0, 0.05) is 42.7 Å². The second-order valence-electron chi connectivity index (χ2n) is 7.75. The van der Waals surface area contributed by atoms with Crippen molar-refractivity contribution in [1.82, 2.24) is 24.8 Å². The number of rotatable bonds is 5. The van der Waals surface area contributed by atoms with Crippen LogP contribution >= 0.6 is 12.2 Å². The molecule has 0 spiro atoms. The largest absolute Gasteiger partial charge is 0.352 e. The summed E-state index contributed by atoms with van der Waals surface area (Å²) in [6.45, 7) is 2.78. The molecule has 0 bridgehead atoms. The molecule has 1 saturated heterocycles. The van der Waals surface area contributed by atoms with Crippen LogP contribution in [0.3, 0.4) is 0 Å².